The van der Waals surface area contributed by atoms with E-state index >= 15 is 0 Å². The summed E-state index contributed by atoms with van der Waals surface area (Å²) in [7, 11) is 0. The lowest BCUT2D eigenvalue weighted by Crippen LogP contribution is -2.51. The molecule has 0 bridgehead atoms. The molecule has 1 amide bonds. The van der Waals surface area contributed by atoms with Gasteiger partial charge in [-0.15, -0.1) is 0 Å². The minimum absolute atomic E-state index is 0.0804. The van der Waals surface area contributed by atoms with E-state index in [9.17, 15) is 9.59 Å². The maximum Gasteiger partial charge on any atom is 0.328 e. The minimum atomic E-state index is -1.28. The highest BCUT2D eigenvalue weighted by Crippen LogP contribution is 1.98. The van der Waals surface area contributed by atoms with Crippen LogP contribution in [0.3, 0.4) is 0 Å². The molecule has 0 saturated heterocycles. The number of nitrogens with two attached hydrogens (primary N) is 1. The van der Waals surface area contributed by atoms with E-state index in [1.54, 1.807) is 13.8 Å². The zero-order valence-electron chi connectivity index (χ0n) is 8.23. The summed E-state index contributed by atoms with van der Waals surface area (Å²) in [6.45, 7) is 2.85. The molecule has 0 radical (unpaired) electrons. The fraction of sp³-hybridized carbons (Fsp3) is 0.750. The molecule has 2 atom stereocenters. The number of carbonyl (C=O) groups excluding carboxylic acids is 1. The van der Waals surface area contributed by atoms with Crippen molar-refractivity contribution in [1.82, 2.24) is 5.32 Å². The van der Waals surface area contributed by atoms with Crippen LogP contribution in [0.25, 0.3) is 0 Å². The van der Waals surface area contributed by atoms with E-state index in [1.807, 2.05) is 0 Å². The Balaban J connectivity index is 4.22. The second kappa shape index (κ2) is 5.56. The van der Waals surface area contributed by atoms with Crippen molar-refractivity contribution in [3.8, 4) is 0 Å². The first-order chi connectivity index (χ1) is 6.40. The van der Waals surface area contributed by atoms with Crippen LogP contribution in [0, 0.1) is 5.92 Å². The maximum atomic E-state index is 11.2. The van der Waals surface area contributed by atoms with Gasteiger partial charge in [0, 0.05) is 0 Å². The molecule has 6 heteroatoms. The highest BCUT2D eigenvalue weighted by molar-refractivity contribution is 5.86. The van der Waals surface area contributed by atoms with Gasteiger partial charge in [0.25, 0.3) is 0 Å². The van der Waals surface area contributed by atoms with Gasteiger partial charge in [-0.05, 0) is 5.92 Å². The van der Waals surface area contributed by atoms with E-state index in [0.717, 1.165) is 0 Å². The van der Waals surface area contributed by atoms with Crippen LogP contribution in [0.4, 0.5) is 0 Å². The maximum absolute atomic E-state index is 11.2. The molecule has 0 heterocycles. The van der Waals surface area contributed by atoms with Gasteiger partial charge in [0.1, 0.15) is 6.04 Å². The first-order valence-corrected chi connectivity index (χ1v) is 4.29. The van der Waals surface area contributed by atoms with Crippen molar-refractivity contribution in [3.05, 3.63) is 0 Å². The topological polar surface area (TPSA) is 113 Å². The molecule has 0 fully saturated rings. The van der Waals surface area contributed by atoms with Gasteiger partial charge in [0.15, 0.2) is 0 Å². The Morgan fingerprint density at radius 1 is 1.43 bits per heavy atom. The Morgan fingerprint density at radius 3 is 2.21 bits per heavy atom. The van der Waals surface area contributed by atoms with E-state index < -0.39 is 30.6 Å². The van der Waals surface area contributed by atoms with Crippen LogP contribution in [-0.2, 0) is 9.59 Å². The number of aliphatic carboxylic acids is 1. The molecule has 0 spiro atoms. The molecular formula is C8H16N2O4. The Morgan fingerprint density at radius 2 is 1.93 bits per heavy atom. The SMILES string of the molecule is CC(C)[C@H](N)C(=O)NC(CO)C(=O)O. The lowest BCUT2D eigenvalue weighted by Gasteiger charge is -2.18. The van der Waals surface area contributed by atoms with Crippen molar-refractivity contribution in [2.75, 3.05) is 6.61 Å². The number of aliphatic hydroxyl groups excluding tert-OH is 1. The van der Waals surface area contributed by atoms with Gasteiger partial charge in [-0.1, -0.05) is 13.8 Å². The molecule has 0 rings (SSSR count). The summed E-state index contributed by atoms with van der Waals surface area (Å²) in [4.78, 5) is 21.7. The Kier molecular flexibility index (Phi) is 5.11. The van der Waals surface area contributed by atoms with Crippen LogP contribution in [0.15, 0.2) is 0 Å². The molecule has 0 aromatic carbocycles. The molecular weight excluding hydrogens is 188 g/mol. The lowest BCUT2D eigenvalue weighted by molar-refractivity contribution is -0.143. The van der Waals surface area contributed by atoms with Crippen molar-refractivity contribution in [2.45, 2.75) is 25.9 Å². The molecule has 5 N–H and O–H groups in total. The van der Waals surface area contributed by atoms with Crippen molar-refractivity contribution >= 4 is 11.9 Å². The van der Waals surface area contributed by atoms with Crippen LogP contribution >= 0.6 is 0 Å². The van der Waals surface area contributed by atoms with E-state index in [-0.39, 0.29) is 5.92 Å². The summed E-state index contributed by atoms with van der Waals surface area (Å²) >= 11 is 0. The molecule has 0 aliphatic rings. The van der Waals surface area contributed by atoms with Crippen LogP contribution < -0.4 is 11.1 Å². The van der Waals surface area contributed by atoms with Gasteiger partial charge in [-0.25, -0.2) is 4.79 Å². The number of aliphatic hydroxyl groups is 1. The summed E-state index contributed by atoms with van der Waals surface area (Å²) in [5, 5.41) is 19.3. The van der Waals surface area contributed by atoms with Crippen LogP contribution in [0.1, 0.15) is 13.8 Å². The summed E-state index contributed by atoms with van der Waals surface area (Å²) in [6, 6.07) is -2.05. The van der Waals surface area contributed by atoms with Crippen molar-refractivity contribution in [2.24, 2.45) is 11.7 Å². The molecule has 1 unspecified atom stereocenters. The van der Waals surface area contributed by atoms with Gasteiger partial charge in [0.05, 0.1) is 12.6 Å². The van der Waals surface area contributed by atoms with E-state index in [0.29, 0.717) is 0 Å². The number of rotatable bonds is 5. The van der Waals surface area contributed by atoms with Gasteiger partial charge in [-0.2, -0.15) is 0 Å². The zero-order chi connectivity index (χ0) is 11.3. The minimum Gasteiger partial charge on any atom is -0.480 e. The molecule has 0 aromatic heterocycles. The van der Waals surface area contributed by atoms with Gasteiger partial charge < -0.3 is 21.3 Å². The van der Waals surface area contributed by atoms with Gasteiger partial charge in [-0.3, -0.25) is 4.79 Å². The summed E-state index contributed by atoms with van der Waals surface area (Å²) in [5.74, 6) is -1.93. The van der Waals surface area contributed by atoms with E-state index in [4.69, 9.17) is 15.9 Å². The highest BCUT2D eigenvalue weighted by Gasteiger charge is 2.23. The van der Waals surface area contributed by atoms with Crippen molar-refractivity contribution in [1.29, 1.82) is 0 Å². The third-order valence-electron chi connectivity index (χ3n) is 1.82. The summed E-state index contributed by atoms with van der Waals surface area (Å²) < 4.78 is 0. The number of amides is 1. The van der Waals surface area contributed by atoms with Crippen LogP contribution in [0.2, 0.25) is 0 Å². The second-order valence-electron chi connectivity index (χ2n) is 3.35. The Labute approximate surface area is 82.1 Å². The third-order valence-corrected chi connectivity index (χ3v) is 1.82. The number of hydrogen-bond acceptors (Lipinski definition) is 4. The summed E-state index contributed by atoms with van der Waals surface area (Å²) in [5.41, 5.74) is 5.48. The van der Waals surface area contributed by atoms with Crippen molar-refractivity contribution < 1.29 is 19.8 Å². The largest absolute Gasteiger partial charge is 0.480 e. The number of carboxylic acids is 1. The second-order valence-corrected chi connectivity index (χ2v) is 3.35. The Hall–Kier alpha value is -1.14. The first kappa shape index (κ1) is 12.9. The van der Waals surface area contributed by atoms with E-state index in [2.05, 4.69) is 5.32 Å². The highest BCUT2D eigenvalue weighted by atomic mass is 16.4. The van der Waals surface area contributed by atoms with E-state index in [1.165, 1.54) is 0 Å². The number of hydrogen-bond donors (Lipinski definition) is 4. The van der Waals surface area contributed by atoms with Crippen molar-refractivity contribution in [3.63, 3.8) is 0 Å². The summed E-state index contributed by atoms with van der Waals surface area (Å²) in [6.07, 6.45) is 0. The van der Waals surface area contributed by atoms with Gasteiger partial charge >= 0.3 is 5.97 Å². The normalized spacial score (nSPS) is 14.9. The number of nitrogens with one attached hydrogen (secondary N) is 1. The van der Waals surface area contributed by atoms with Gasteiger partial charge in [0.2, 0.25) is 5.91 Å². The monoisotopic (exact) mass is 204 g/mol. The lowest BCUT2D eigenvalue weighted by atomic mass is 10.0. The van der Waals surface area contributed by atoms with Crippen LogP contribution in [0.5, 0.6) is 0 Å². The predicted molar refractivity (Wildman–Crippen MR) is 49.5 cm³/mol. The fourth-order valence-electron chi connectivity index (χ4n) is 0.756. The zero-order valence-corrected chi connectivity index (χ0v) is 8.23. The third kappa shape index (κ3) is 3.71. The number of carboxylic acid groups (broad SMARTS) is 1. The predicted octanol–water partition coefficient (Wildman–Crippen LogP) is -1.47. The fourth-order valence-corrected chi connectivity index (χ4v) is 0.756. The standard InChI is InChI=1S/C8H16N2O4/c1-4(2)6(9)7(12)10-5(3-11)8(13)14/h4-6,11H,3,9H2,1-2H3,(H,10,12)(H,13,14)/t5?,6-/m0/s1. The molecule has 0 aliphatic heterocycles. The average molecular weight is 204 g/mol. The molecule has 0 aliphatic carbocycles. The molecule has 0 saturated carbocycles. The molecule has 14 heavy (non-hydrogen) atoms. The number of carbonyl (C=O) groups is 2. The first-order valence-electron chi connectivity index (χ1n) is 4.29. The average Bonchev–Trinajstić information content (AvgIpc) is 2.11. The quantitative estimate of drug-likeness (QED) is 0.437. The Bertz CT molecular complexity index is 217. The molecule has 0 aromatic rings. The van der Waals surface area contributed by atoms with Crippen LogP contribution in [-0.4, -0.2) is 40.8 Å². The molecule has 82 valence electrons. The molecule has 6 nitrogen and oxygen atoms in total. The smallest absolute Gasteiger partial charge is 0.328 e.